The first kappa shape index (κ1) is 10.7. The first-order chi connectivity index (χ1) is 8.24. The normalized spacial score (nSPS) is 10.9. The standard InChI is InChI=1S/C12H7BrClN3/c13-8-5-9(12(14)15-6-8)10-7-17-4-2-1-3-11(17)16-10/h1-7H. The van der Waals surface area contributed by atoms with Crippen molar-refractivity contribution in [2.45, 2.75) is 0 Å². The van der Waals surface area contributed by atoms with Crippen LogP contribution in [-0.4, -0.2) is 14.4 Å². The molecule has 3 aromatic heterocycles. The summed E-state index contributed by atoms with van der Waals surface area (Å²) in [5, 5.41) is 0.455. The number of pyridine rings is 2. The van der Waals surface area contributed by atoms with Gasteiger partial charge in [-0.1, -0.05) is 17.7 Å². The maximum atomic E-state index is 6.08. The van der Waals surface area contributed by atoms with Gasteiger partial charge in [0, 0.05) is 28.6 Å². The van der Waals surface area contributed by atoms with E-state index in [0.717, 1.165) is 21.4 Å². The molecule has 0 aliphatic rings. The summed E-state index contributed by atoms with van der Waals surface area (Å²) >= 11 is 9.46. The fraction of sp³-hybridized carbons (Fsp3) is 0. The van der Waals surface area contributed by atoms with Gasteiger partial charge in [-0.3, -0.25) is 0 Å². The van der Waals surface area contributed by atoms with Crippen molar-refractivity contribution in [3.05, 3.63) is 52.5 Å². The van der Waals surface area contributed by atoms with Crippen molar-refractivity contribution in [3.8, 4) is 11.3 Å². The van der Waals surface area contributed by atoms with Gasteiger partial charge in [0.15, 0.2) is 0 Å². The lowest BCUT2D eigenvalue weighted by Crippen LogP contribution is -1.83. The first-order valence-corrected chi connectivity index (χ1v) is 6.16. The molecule has 0 fully saturated rings. The van der Waals surface area contributed by atoms with Gasteiger partial charge in [-0.25, -0.2) is 9.97 Å². The molecular formula is C12H7BrClN3. The van der Waals surface area contributed by atoms with Crippen LogP contribution in [0.25, 0.3) is 16.9 Å². The third-order valence-corrected chi connectivity index (χ3v) is 3.18. The second-order valence-corrected chi connectivity index (χ2v) is 4.86. The maximum Gasteiger partial charge on any atom is 0.138 e. The van der Waals surface area contributed by atoms with Gasteiger partial charge in [-0.15, -0.1) is 0 Å². The van der Waals surface area contributed by atoms with E-state index in [1.165, 1.54) is 0 Å². The third-order valence-electron chi connectivity index (χ3n) is 2.45. The van der Waals surface area contributed by atoms with Crippen LogP contribution >= 0.6 is 27.5 Å². The minimum absolute atomic E-state index is 0.455. The molecule has 84 valence electrons. The van der Waals surface area contributed by atoms with Crippen LogP contribution in [0.1, 0.15) is 0 Å². The minimum atomic E-state index is 0.455. The predicted octanol–water partition coefficient (Wildman–Crippen LogP) is 3.81. The topological polar surface area (TPSA) is 30.2 Å². The molecule has 17 heavy (non-hydrogen) atoms. The van der Waals surface area contributed by atoms with Gasteiger partial charge in [-0.2, -0.15) is 0 Å². The molecule has 0 aliphatic heterocycles. The average Bonchev–Trinajstić information content (AvgIpc) is 2.75. The van der Waals surface area contributed by atoms with E-state index >= 15 is 0 Å². The number of nitrogens with zero attached hydrogens (tertiary/aromatic N) is 3. The van der Waals surface area contributed by atoms with Crippen molar-refractivity contribution >= 4 is 33.2 Å². The van der Waals surface area contributed by atoms with Crippen LogP contribution in [0.5, 0.6) is 0 Å². The zero-order valence-electron chi connectivity index (χ0n) is 8.64. The molecule has 0 amide bonds. The van der Waals surface area contributed by atoms with Crippen molar-refractivity contribution in [2.75, 3.05) is 0 Å². The molecule has 0 N–H and O–H groups in total. The molecule has 5 heteroatoms. The Morgan fingerprint density at radius 3 is 3.00 bits per heavy atom. The zero-order chi connectivity index (χ0) is 11.8. The molecule has 0 aromatic carbocycles. The van der Waals surface area contributed by atoms with E-state index in [2.05, 4.69) is 25.9 Å². The summed E-state index contributed by atoms with van der Waals surface area (Å²) in [5.41, 5.74) is 2.53. The second kappa shape index (κ2) is 4.13. The van der Waals surface area contributed by atoms with Crippen molar-refractivity contribution in [2.24, 2.45) is 0 Å². The van der Waals surface area contributed by atoms with Crippen LogP contribution < -0.4 is 0 Å². The minimum Gasteiger partial charge on any atom is -0.306 e. The summed E-state index contributed by atoms with van der Waals surface area (Å²) in [4.78, 5) is 8.60. The monoisotopic (exact) mass is 307 g/mol. The number of fused-ring (bicyclic) bond motifs is 1. The van der Waals surface area contributed by atoms with E-state index in [1.54, 1.807) is 6.20 Å². The fourth-order valence-corrected chi connectivity index (χ4v) is 2.20. The molecule has 0 saturated carbocycles. The lowest BCUT2D eigenvalue weighted by atomic mass is 10.2. The van der Waals surface area contributed by atoms with Crippen LogP contribution in [0, 0.1) is 0 Å². The highest BCUT2D eigenvalue weighted by Crippen LogP contribution is 2.28. The Morgan fingerprint density at radius 1 is 1.29 bits per heavy atom. The summed E-state index contributed by atoms with van der Waals surface area (Å²) in [6.45, 7) is 0. The molecule has 0 aliphatic carbocycles. The summed E-state index contributed by atoms with van der Waals surface area (Å²) < 4.78 is 2.83. The van der Waals surface area contributed by atoms with Gasteiger partial charge in [0.2, 0.25) is 0 Å². The number of aromatic nitrogens is 3. The molecular weight excluding hydrogens is 302 g/mol. The molecule has 0 unspecified atom stereocenters. The SMILES string of the molecule is Clc1ncc(Br)cc1-c1cn2ccccc2n1. The van der Waals surface area contributed by atoms with E-state index in [0.29, 0.717) is 5.15 Å². The van der Waals surface area contributed by atoms with E-state index in [4.69, 9.17) is 11.6 Å². The molecule has 0 bridgehead atoms. The van der Waals surface area contributed by atoms with Crippen LogP contribution in [0.2, 0.25) is 5.15 Å². The predicted molar refractivity (Wildman–Crippen MR) is 71.1 cm³/mol. The Morgan fingerprint density at radius 2 is 2.18 bits per heavy atom. The molecule has 0 spiro atoms. The Labute approximate surface area is 111 Å². The lowest BCUT2D eigenvalue weighted by molar-refractivity contribution is 1.19. The fourth-order valence-electron chi connectivity index (χ4n) is 1.67. The molecule has 0 saturated heterocycles. The summed E-state index contributed by atoms with van der Waals surface area (Å²) in [6, 6.07) is 7.77. The third kappa shape index (κ3) is 1.94. The maximum absolute atomic E-state index is 6.08. The number of hydrogen-bond acceptors (Lipinski definition) is 2. The molecule has 3 rings (SSSR count). The Balaban J connectivity index is 2.23. The Bertz CT molecular complexity index is 660. The van der Waals surface area contributed by atoms with E-state index in [1.807, 2.05) is 41.1 Å². The van der Waals surface area contributed by atoms with Crippen LogP contribution in [0.3, 0.4) is 0 Å². The average molecular weight is 309 g/mol. The quantitative estimate of drug-likeness (QED) is 0.640. The van der Waals surface area contributed by atoms with Crippen molar-refractivity contribution < 1.29 is 0 Å². The molecule has 3 aromatic rings. The van der Waals surface area contributed by atoms with Crippen molar-refractivity contribution in [1.29, 1.82) is 0 Å². The summed E-state index contributed by atoms with van der Waals surface area (Å²) in [7, 11) is 0. The van der Waals surface area contributed by atoms with E-state index < -0.39 is 0 Å². The van der Waals surface area contributed by atoms with Gasteiger partial charge in [0.05, 0.1) is 5.69 Å². The van der Waals surface area contributed by atoms with Crippen LogP contribution in [0.4, 0.5) is 0 Å². The Hall–Kier alpha value is -1.39. The Kier molecular flexibility index (Phi) is 2.61. The van der Waals surface area contributed by atoms with Gasteiger partial charge in [-0.05, 0) is 34.1 Å². The van der Waals surface area contributed by atoms with Gasteiger partial charge >= 0.3 is 0 Å². The molecule has 3 nitrogen and oxygen atoms in total. The highest BCUT2D eigenvalue weighted by atomic mass is 79.9. The van der Waals surface area contributed by atoms with E-state index in [9.17, 15) is 0 Å². The van der Waals surface area contributed by atoms with E-state index in [-0.39, 0.29) is 0 Å². The summed E-state index contributed by atoms with van der Waals surface area (Å²) in [6.07, 6.45) is 5.55. The highest BCUT2D eigenvalue weighted by Gasteiger charge is 2.09. The van der Waals surface area contributed by atoms with Gasteiger partial charge < -0.3 is 4.40 Å². The van der Waals surface area contributed by atoms with Gasteiger partial charge in [0.1, 0.15) is 10.8 Å². The molecule has 0 radical (unpaired) electrons. The lowest BCUT2D eigenvalue weighted by Gasteiger charge is -1.99. The van der Waals surface area contributed by atoms with Crippen molar-refractivity contribution in [1.82, 2.24) is 14.4 Å². The molecule has 3 heterocycles. The smallest absolute Gasteiger partial charge is 0.138 e. The highest BCUT2D eigenvalue weighted by molar-refractivity contribution is 9.10. The largest absolute Gasteiger partial charge is 0.306 e. The zero-order valence-corrected chi connectivity index (χ0v) is 11.0. The number of halogens is 2. The number of imidazole rings is 1. The van der Waals surface area contributed by atoms with Crippen LogP contribution in [-0.2, 0) is 0 Å². The molecule has 0 atom stereocenters. The van der Waals surface area contributed by atoms with Gasteiger partial charge in [0.25, 0.3) is 0 Å². The second-order valence-electron chi connectivity index (χ2n) is 3.58. The first-order valence-electron chi connectivity index (χ1n) is 4.99. The van der Waals surface area contributed by atoms with Crippen molar-refractivity contribution in [3.63, 3.8) is 0 Å². The summed E-state index contributed by atoms with van der Waals surface area (Å²) in [5.74, 6) is 0. The number of rotatable bonds is 1. The van der Waals surface area contributed by atoms with Crippen LogP contribution in [0.15, 0.2) is 47.3 Å². The number of hydrogen-bond donors (Lipinski definition) is 0.